The van der Waals surface area contributed by atoms with Gasteiger partial charge in [0.05, 0.1) is 42.0 Å². The van der Waals surface area contributed by atoms with Gasteiger partial charge in [-0.25, -0.2) is 0 Å². The quantitative estimate of drug-likeness (QED) is 0.799. The molecule has 2 aromatic rings. The zero-order valence-corrected chi connectivity index (χ0v) is 15.5. The number of ether oxygens (including phenoxy) is 1. The van der Waals surface area contributed by atoms with Crippen LogP contribution in [0.3, 0.4) is 0 Å². The zero-order valence-electron chi connectivity index (χ0n) is 15.5. The van der Waals surface area contributed by atoms with E-state index in [1.54, 1.807) is 24.3 Å². The first-order valence-corrected chi connectivity index (χ1v) is 8.89. The molecule has 2 N–H and O–H groups in total. The van der Waals surface area contributed by atoms with Crippen molar-refractivity contribution in [2.45, 2.75) is 18.2 Å². The molecule has 0 aliphatic carbocycles. The Morgan fingerprint density at radius 1 is 1.20 bits per heavy atom. The summed E-state index contributed by atoms with van der Waals surface area (Å²) >= 11 is 0. The molecular weight excluding hydrogens is 399 g/mol. The summed E-state index contributed by atoms with van der Waals surface area (Å²) in [6.07, 6.45) is -4.49. The van der Waals surface area contributed by atoms with E-state index in [0.29, 0.717) is 11.6 Å². The summed E-state index contributed by atoms with van der Waals surface area (Å²) in [6, 6.07) is 12.9. The number of aliphatic hydroxyl groups is 1. The highest BCUT2D eigenvalue weighted by molar-refractivity contribution is 5.98. The smallest absolute Gasteiger partial charge is 0.377 e. The second-order valence-corrected chi connectivity index (χ2v) is 6.97. The monoisotopic (exact) mass is 415 g/mol. The Morgan fingerprint density at radius 2 is 1.90 bits per heavy atom. The standard InChI is InChI=1S/C21H16F3N3O3/c22-21(23,24)18-8-17(6-5-15(18)10-26)27-19(28)20(29)12-30-11-16(20)7-13-1-3-14(9-25)4-2-13/h1-6,8,16,29H,7,11-12H2,(H,27,28). The van der Waals surface area contributed by atoms with Crippen LogP contribution < -0.4 is 5.32 Å². The van der Waals surface area contributed by atoms with Gasteiger partial charge in [0.2, 0.25) is 0 Å². The normalized spacial score (nSPS) is 20.9. The molecule has 2 aromatic carbocycles. The molecule has 2 unspecified atom stereocenters. The molecule has 0 bridgehead atoms. The highest BCUT2D eigenvalue weighted by Crippen LogP contribution is 2.35. The Bertz CT molecular complexity index is 1040. The molecule has 30 heavy (non-hydrogen) atoms. The van der Waals surface area contributed by atoms with Crippen molar-refractivity contribution in [1.82, 2.24) is 0 Å². The van der Waals surface area contributed by atoms with Crippen LogP contribution in [-0.2, 0) is 22.1 Å². The van der Waals surface area contributed by atoms with Gasteiger partial charge in [0.1, 0.15) is 0 Å². The van der Waals surface area contributed by atoms with Gasteiger partial charge in [0.25, 0.3) is 5.91 Å². The summed E-state index contributed by atoms with van der Waals surface area (Å²) in [5.74, 6) is -1.53. The molecule has 6 nitrogen and oxygen atoms in total. The van der Waals surface area contributed by atoms with Crippen molar-refractivity contribution in [2.24, 2.45) is 5.92 Å². The van der Waals surface area contributed by atoms with Gasteiger partial charge < -0.3 is 15.2 Å². The van der Waals surface area contributed by atoms with Crippen molar-refractivity contribution in [2.75, 3.05) is 18.5 Å². The number of benzene rings is 2. The molecule has 1 aliphatic rings. The summed E-state index contributed by atoms with van der Waals surface area (Å²) in [7, 11) is 0. The average molecular weight is 415 g/mol. The van der Waals surface area contributed by atoms with Crippen LogP contribution >= 0.6 is 0 Å². The maximum absolute atomic E-state index is 13.1. The third-order valence-corrected chi connectivity index (χ3v) is 4.98. The number of halogens is 3. The number of nitrogens with zero attached hydrogens (tertiary/aromatic N) is 2. The number of anilines is 1. The molecule has 2 atom stereocenters. The SMILES string of the molecule is N#Cc1ccc(CC2COCC2(O)C(=O)Nc2ccc(C#N)c(C(F)(F)F)c2)cc1. The Balaban J connectivity index is 1.79. The number of hydrogen-bond acceptors (Lipinski definition) is 5. The lowest BCUT2D eigenvalue weighted by atomic mass is 9.84. The van der Waals surface area contributed by atoms with Crippen molar-refractivity contribution in [3.63, 3.8) is 0 Å². The Hall–Kier alpha value is -3.40. The van der Waals surface area contributed by atoms with E-state index in [9.17, 15) is 23.1 Å². The van der Waals surface area contributed by atoms with Crippen LogP contribution in [0.2, 0.25) is 0 Å². The number of nitriles is 2. The molecule has 0 radical (unpaired) electrons. The van der Waals surface area contributed by atoms with Gasteiger partial charge >= 0.3 is 6.18 Å². The molecule has 0 aromatic heterocycles. The van der Waals surface area contributed by atoms with Gasteiger partial charge in [-0.1, -0.05) is 12.1 Å². The number of rotatable bonds is 4. The fourth-order valence-corrected chi connectivity index (χ4v) is 3.28. The van der Waals surface area contributed by atoms with E-state index in [0.717, 1.165) is 11.6 Å². The van der Waals surface area contributed by atoms with E-state index < -0.39 is 34.7 Å². The van der Waals surface area contributed by atoms with Crippen LogP contribution in [0.4, 0.5) is 18.9 Å². The number of alkyl halides is 3. The number of carbonyl (C=O) groups is 1. The lowest BCUT2D eigenvalue weighted by Gasteiger charge is -2.27. The molecule has 154 valence electrons. The molecule has 0 saturated carbocycles. The van der Waals surface area contributed by atoms with Crippen LogP contribution in [0.5, 0.6) is 0 Å². The number of carbonyl (C=O) groups excluding carboxylic acids is 1. The van der Waals surface area contributed by atoms with E-state index in [-0.39, 0.29) is 25.3 Å². The van der Waals surface area contributed by atoms with Gasteiger partial charge in [0.15, 0.2) is 5.60 Å². The maximum atomic E-state index is 13.1. The Kier molecular flexibility index (Phi) is 5.79. The van der Waals surface area contributed by atoms with Gasteiger partial charge in [-0.05, 0) is 42.3 Å². The Morgan fingerprint density at radius 3 is 2.50 bits per heavy atom. The Labute approximate surface area is 170 Å². The van der Waals surface area contributed by atoms with E-state index in [1.807, 2.05) is 6.07 Å². The van der Waals surface area contributed by atoms with Crippen LogP contribution in [0, 0.1) is 28.6 Å². The zero-order chi connectivity index (χ0) is 21.9. The van der Waals surface area contributed by atoms with E-state index in [1.165, 1.54) is 12.1 Å². The third-order valence-electron chi connectivity index (χ3n) is 4.98. The molecule has 9 heteroatoms. The summed E-state index contributed by atoms with van der Waals surface area (Å²) in [5.41, 5.74) is -2.64. The van der Waals surface area contributed by atoms with Crippen LogP contribution in [0.1, 0.15) is 22.3 Å². The van der Waals surface area contributed by atoms with Gasteiger partial charge in [-0.2, -0.15) is 23.7 Å². The lowest BCUT2D eigenvalue weighted by molar-refractivity contribution is -0.138. The first kappa shape index (κ1) is 21.3. The van der Waals surface area contributed by atoms with Crippen LogP contribution in [0.25, 0.3) is 0 Å². The topological polar surface area (TPSA) is 106 Å². The van der Waals surface area contributed by atoms with Crippen molar-refractivity contribution in [3.05, 3.63) is 64.7 Å². The summed E-state index contributed by atoms with van der Waals surface area (Å²) in [4.78, 5) is 12.7. The number of hydrogen-bond donors (Lipinski definition) is 2. The van der Waals surface area contributed by atoms with Crippen molar-refractivity contribution < 1.29 is 27.8 Å². The molecule has 1 fully saturated rings. The van der Waals surface area contributed by atoms with Gasteiger partial charge in [-0.15, -0.1) is 0 Å². The lowest BCUT2D eigenvalue weighted by Crippen LogP contribution is -2.49. The van der Waals surface area contributed by atoms with Crippen LogP contribution in [0.15, 0.2) is 42.5 Å². The number of amides is 1. The largest absolute Gasteiger partial charge is 0.417 e. The second kappa shape index (κ2) is 8.15. The highest BCUT2D eigenvalue weighted by Gasteiger charge is 2.48. The fourth-order valence-electron chi connectivity index (χ4n) is 3.28. The third kappa shape index (κ3) is 4.28. The fraction of sp³-hybridized carbons (Fsp3) is 0.286. The molecule has 1 saturated heterocycles. The van der Waals surface area contributed by atoms with Crippen molar-refractivity contribution >= 4 is 11.6 Å². The van der Waals surface area contributed by atoms with Crippen LogP contribution in [-0.4, -0.2) is 29.8 Å². The summed E-state index contributed by atoms with van der Waals surface area (Å²) in [5, 5.41) is 30.9. The number of nitrogens with one attached hydrogen (secondary N) is 1. The van der Waals surface area contributed by atoms with E-state index in [2.05, 4.69) is 5.32 Å². The van der Waals surface area contributed by atoms with E-state index in [4.69, 9.17) is 15.3 Å². The van der Waals surface area contributed by atoms with Crippen molar-refractivity contribution in [1.29, 1.82) is 10.5 Å². The summed E-state index contributed by atoms with van der Waals surface area (Å²) < 4.78 is 44.7. The highest BCUT2D eigenvalue weighted by atomic mass is 19.4. The predicted octanol–water partition coefficient (Wildman–Crippen LogP) is 3.01. The molecule has 1 aliphatic heterocycles. The molecule has 1 heterocycles. The first-order valence-electron chi connectivity index (χ1n) is 8.89. The minimum absolute atomic E-state index is 0.0884. The summed E-state index contributed by atoms with van der Waals surface area (Å²) in [6.45, 7) is -0.215. The predicted molar refractivity (Wildman–Crippen MR) is 98.9 cm³/mol. The maximum Gasteiger partial charge on any atom is 0.417 e. The van der Waals surface area contributed by atoms with Gasteiger partial charge in [0, 0.05) is 11.6 Å². The molecule has 0 spiro atoms. The van der Waals surface area contributed by atoms with Gasteiger partial charge in [-0.3, -0.25) is 4.79 Å². The minimum Gasteiger partial charge on any atom is -0.377 e. The average Bonchev–Trinajstić information content (AvgIpc) is 3.09. The first-order chi connectivity index (χ1) is 14.2. The van der Waals surface area contributed by atoms with E-state index >= 15 is 0 Å². The molecule has 3 rings (SSSR count). The second-order valence-electron chi connectivity index (χ2n) is 6.97. The molecular formula is C21H16F3N3O3. The minimum atomic E-state index is -4.77. The van der Waals surface area contributed by atoms with Crippen molar-refractivity contribution in [3.8, 4) is 12.1 Å². The molecule has 1 amide bonds.